The van der Waals surface area contributed by atoms with Crippen molar-refractivity contribution in [2.75, 3.05) is 11.9 Å². The molecule has 5 nitrogen and oxygen atoms in total. The molecule has 3 rings (SSSR count). The van der Waals surface area contributed by atoms with Crippen molar-refractivity contribution in [3.63, 3.8) is 0 Å². The van der Waals surface area contributed by atoms with Gasteiger partial charge in [-0.2, -0.15) is 0 Å². The highest BCUT2D eigenvalue weighted by molar-refractivity contribution is 6.31. The molecule has 0 saturated heterocycles. The van der Waals surface area contributed by atoms with Crippen LogP contribution in [-0.4, -0.2) is 18.4 Å². The zero-order valence-corrected chi connectivity index (χ0v) is 17.4. The SMILES string of the molecule is CC(NC(=O)c1cccc(NCC(=O)NCc2ccccc2Cl)c1)c1ccccc1. The Labute approximate surface area is 181 Å². The second-order valence-corrected chi connectivity index (χ2v) is 7.32. The number of benzene rings is 3. The Morgan fingerprint density at radius 3 is 2.43 bits per heavy atom. The minimum Gasteiger partial charge on any atom is -0.376 e. The Hall–Kier alpha value is -3.31. The lowest BCUT2D eigenvalue weighted by molar-refractivity contribution is -0.119. The third-order valence-electron chi connectivity index (χ3n) is 4.66. The van der Waals surface area contributed by atoms with Gasteiger partial charge in [0.2, 0.25) is 5.91 Å². The summed E-state index contributed by atoms with van der Waals surface area (Å²) >= 11 is 6.10. The number of hydrogen-bond donors (Lipinski definition) is 3. The third-order valence-corrected chi connectivity index (χ3v) is 5.03. The molecule has 0 bridgehead atoms. The summed E-state index contributed by atoms with van der Waals surface area (Å²) in [6, 6.07) is 24.1. The molecule has 1 unspecified atom stereocenters. The molecule has 3 aromatic rings. The van der Waals surface area contributed by atoms with E-state index in [1.807, 2.05) is 61.5 Å². The van der Waals surface area contributed by atoms with Crippen LogP contribution in [0.3, 0.4) is 0 Å². The molecule has 3 aromatic carbocycles. The molecular formula is C24H24ClN3O2. The second kappa shape index (κ2) is 10.5. The molecule has 0 saturated carbocycles. The van der Waals surface area contributed by atoms with Gasteiger partial charge in [-0.25, -0.2) is 0 Å². The monoisotopic (exact) mass is 421 g/mol. The minimum atomic E-state index is -0.168. The fourth-order valence-electron chi connectivity index (χ4n) is 2.96. The zero-order chi connectivity index (χ0) is 21.3. The Morgan fingerprint density at radius 1 is 0.933 bits per heavy atom. The third kappa shape index (κ3) is 6.09. The van der Waals surface area contributed by atoms with Crippen molar-refractivity contribution in [1.82, 2.24) is 10.6 Å². The lowest BCUT2D eigenvalue weighted by Crippen LogP contribution is -2.29. The summed E-state index contributed by atoms with van der Waals surface area (Å²) < 4.78 is 0. The maximum absolute atomic E-state index is 12.6. The van der Waals surface area contributed by atoms with E-state index in [1.54, 1.807) is 24.3 Å². The van der Waals surface area contributed by atoms with E-state index >= 15 is 0 Å². The van der Waals surface area contributed by atoms with Gasteiger partial charge in [0.05, 0.1) is 12.6 Å². The standard InChI is InChI=1S/C24H24ClN3O2/c1-17(18-8-3-2-4-9-18)28-24(30)19-11-7-12-21(14-19)26-16-23(29)27-15-20-10-5-6-13-22(20)25/h2-14,17,26H,15-16H2,1H3,(H,27,29)(H,28,30). The number of carbonyl (C=O) groups excluding carboxylic acids is 2. The summed E-state index contributed by atoms with van der Waals surface area (Å²) in [4.78, 5) is 24.7. The van der Waals surface area contributed by atoms with Crippen LogP contribution in [-0.2, 0) is 11.3 Å². The molecule has 2 amide bonds. The number of hydrogen-bond acceptors (Lipinski definition) is 3. The van der Waals surface area contributed by atoms with Crippen LogP contribution in [0.25, 0.3) is 0 Å². The Balaban J connectivity index is 1.51. The number of anilines is 1. The van der Waals surface area contributed by atoms with Gasteiger partial charge < -0.3 is 16.0 Å². The first-order valence-corrected chi connectivity index (χ1v) is 10.1. The predicted octanol–water partition coefficient (Wildman–Crippen LogP) is 4.56. The molecule has 3 N–H and O–H groups in total. The van der Waals surface area contributed by atoms with E-state index in [9.17, 15) is 9.59 Å². The summed E-state index contributed by atoms with van der Waals surface area (Å²) in [5, 5.41) is 9.49. The van der Waals surface area contributed by atoms with Gasteiger partial charge >= 0.3 is 0 Å². The number of rotatable bonds is 8. The quantitative estimate of drug-likeness (QED) is 0.499. The summed E-state index contributed by atoms with van der Waals surface area (Å²) in [5.74, 6) is -0.333. The molecular weight excluding hydrogens is 398 g/mol. The topological polar surface area (TPSA) is 70.2 Å². The summed E-state index contributed by atoms with van der Waals surface area (Å²) in [5.41, 5.74) is 3.12. The summed E-state index contributed by atoms with van der Waals surface area (Å²) in [7, 11) is 0. The maximum atomic E-state index is 12.6. The average Bonchev–Trinajstić information content (AvgIpc) is 2.78. The van der Waals surface area contributed by atoms with Crippen LogP contribution in [0.2, 0.25) is 5.02 Å². The van der Waals surface area contributed by atoms with Crippen LogP contribution in [0.15, 0.2) is 78.9 Å². The Morgan fingerprint density at radius 2 is 1.67 bits per heavy atom. The van der Waals surface area contributed by atoms with Gasteiger partial charge in [-0.1, -0.05) is 66.2 Å². The van der Waals surface area contributed by atoms with E-state index in [-0.39, 0.29) is 24.4 Å². The number of nitrogens with one attached hydrogen (secondary N) is 3. The number of carbonyl (C=O) groups is 2. The van der Waals surface area contributed by atoms with Gasteiger partial charge in [0.15, 0.2) is 0 Å². The van der Waals surface area contributed by atoms with Gasteiger partial charge in [0, 0.05) is 22.8 Å². The smallest absolute Gasteiger partial charge is 0.251 e. The Kier molecular flexibility index (Phi) is 7.46. The largest absolute Gasteiger partial charge is 0.376 e. The number of amides is 2. The lowest BCUT2D eigenvalue weighted by atomic mass is 10.1. The van der Waals surface area contributed by atoms with Gasteiger partial charge in [-0.3, -0.25) is 9.59 Å². The van der Waals surface area contributed by atoms with E-state index in [4.69, 9.17) is 11.6 Å². The molecule has 0 fully saturated rings. The maximum Gasteiger partial charge on any atom is 0.251 e. The summed E-state index contributed by atoms with van der Waals surface area (Å²) in [6.07, 6.45) is 0. The van der Waals surface area contributed by atoms with Crippen molar-refractivity contribution >= 4 is 29.1 Å². The molecule has 0 aliphatic rings. The van der Waals surface area contributed by atoms with Gasteiger partial charge in [-0.05, 0) is 42.3 Å². The predicted molar refractivity (Wildman–Crippen MR) is 121 cm³/mol. The van der Waals surface area contributed by atoms with E-state index in [0.717, 1.165) is 11.1 Å². The number of halogens is 1. The van der Waals surface area contributed by atoms with Crippen molar-refractivity contribution in [2.24, 2.45) is 0 Å². The van der Waals surface area contributed by atoms with Crippen LogP contribution < -0.4 is 16.0 Å². The van der Waals surface area contributed by atoms with Crippen molar-refractivity contribution in [3.05, 3.63) is 101 Å². The molecule has 0 spiro atoms. The zero-order valence-electron chi connectivity index (χ0n) is 16.7. The van der Waals surface area contributed by atoms with Gasteiger partial charge in [0.1, 0.15) is 0 Å². The van der Waals surface area contributed by atoms with Crippen LogP contribution in [0.4, 0.5) is 5.69 Å². The minimum absolute atomic E-state index is 0.0932. The van der Waals surface area contributed by atoms with Gasteiger partial charge in [-0.15, -0.1) is 0 Å². The molecule has 1 atom stereocenters. The van der Waals surface area contributed by atoms with E-state index in [2.05, 4.69) is 16.0 Å². The first kappa shape index (κ1) is 21.4. The van der Waals surface area contributed by atoms with E-state index in [0.29, 0.717) is 22.8 Å². The fraction of sp³-hybridized carbons (Fsp3) is 0.167. The van der Waals surface area contributed by atoms with Crippen molar-refractivity contribution in [3.8, 4) is 0 Å². The molecule has 0 aliphatic heterocycles. The van der Waals surface area contributed by atoms with Crippen LogP contribution in [0.1, 0.15) is 34.5 Å². The van der Waals surface area contributed by atoms with Crippen molar-refractivity contribution in [1.29, 1.82) is 0 Å². The van der Waals surface area contributed by atoms with E-state index < -0.39 is 0 Å². The molecule has 154 valence electrons. The molecule has 6 heteroatoms. The van der Waals surface area contributed by atoms with Crippen molar-refractivity contribution in [2.45, 2.75) is 19.5 Å². The fourth-order valence-corrected chi connectivity index (χ4v) is 3.16. The normalized spacial score (nSPS) is 11.4. The lowest BCUT2D eigenvalue weighted by Gasteiger charge is -2.15. The highest BCUT2D eigenvalue weighted by Gasteiger charge is 2.12. The van der Waals surface area contributed by atoms with Crippen LogP contribution >= 0.6 is 11.6 Å². The van der Waals surface area contributed by atoms with E-state index in [1.165, 1.54) is 0 Å². The molecule has 0 heterocycles. The molecule has 0 radical (unpaired) electrons. The Bertz CT molecular complexity index is 1010. The highest BCUT2D eigenvalue weighted by Crippen LogP contribution is 2.16. The molecule has 0 aromatic heterocycles. The van der Waals surface area contributed by atoms with Crippen LogP contribution in [0.5, 0.6) is 0 Å². The highest BCUT2D eigenvalue weighted by atomic mass is 35.5. The average molecular weight is 422 g/mol. The van der Waals surface area contributed by atoms with Gasteiger partial charge in [0.25, 0.3) is 5.91 Å². The van der Waals surface area contributed by atoms with Crippen LogP contribution in [0, 0.1) is 0 Å². The summed E-state index contributed by atoms with van der Waals surface area (Å²) in [6.45, 7) is 2.40. The first-order chi connectivity index (χ1) is 14.5. The van der Waals surface area contributed by atoms with Crippen molar-refractivity contribution < 1.29 is 9.59 Å². The first-order valence-electron chi connectivity index (χ1n) is 9.73. The second-order valence-electron chi connectivity index (χ2n) is 6.91. The molecule has 0 aliphatic carbocycles. The molecule has 30 heavy (non-hydrogen) atoms.